The van der Waals surface area contributed by atoms with Gasteiger partial charge in [0.2, 0.25) is 0 Å². The number of carbonyl (C=O) groups excluding carboxylic acids is 1. The molecule has 0 aromatic heterocycles. The van der Waals surface area contributed by atoms with E-state index in [-0.39, 0.29) is 12.0 Å². The first-order valence-electron chi connectivity index (χ1n) is 6.03. The van der Waals surface area contributed by atoms with Gasteiger partial charge in [0.1, 0.15) is 0 Å². The lowest BCUT2D eigenvalue weighted by Crippen LogP contribution is -2.20. The molecule has 0 saturated heterocycles. The van der Waals surface area contributed by atoms with Crippen molar-refractivity contribution >= 4 is 11.9 Å². The summed E-state index contributed by atoms with van der Waals surface area (Å²) in [4.78, 5) is 22.8. The largest absolute Gasteiger partial charge is 0.478 e. The Hall–Kier alpha value is -2.05. The summed E-state index contributed by atoms with van der Waals surface area (Å²) < 4.78 is 42.6. The van der Waals surface area contributed by atoms with Crippen molar-refractivity contribution in [3.63, 3.8) is 0 Å². The van der Waals surface area contributed by atoms with Crippen LogP contribution in [-0.2, 0) is 10.9 Å². The van der Waals surface area contributed by atoms with Gasteiger partial charge in [-0.05, 0) is 23.6 Å². The molecule has 0 heterocycles. The number of ether oxygens (including phenoxy) is 1. The molecule has 1 aromatic carbocycles. The molecule has 0 saturated carbocycles. The van der Waals surface area contributed by atoms with Gasteiger partial charge in [0.05, 0.1) is 23.3 Å². The molecular formula is C14H15F3O4. The summed E-state index contributed by atoms with van der Waals surface area (Å²) in [5, 5.41) is 8.96. The van der Waals surface area contributed by atoms with E-state index in [9.17, 15) is 22.8 Å². The minimum Gasteiger partial charge on any atom is -0.478 e. The fourth-order valence-electron chi connectivity index (χ4n) is 1.44. The number of hydrogen-bond donors (Lipinski definition) is 1. The highest BCUT2D eigenvalue weighted by Crippen LogP contribution is 2.31. The Morgan fingerprint density at radius 3 is 2.14 bits per heavy atom. The van der Waals surface area contributed by atoms with Crippen LogP contribution < -0.4 is 0 Å². The van der Waals surface area contributed by atoms with E-state index in [1.54, 1.807) is 20.8 Å². The van der Waals surface area contributed by atoms with E-state index >= 15 is 0 Å². The van der Waals surface area contributed by atoms with Crippen LogP contribution in [0, 0.1) is 5.41 Å². The molecule has 0 atom stereocenters. The SMILES string of the molecule is CC(C)(C)COC(=O)c1ccc(C(F)(F)F)cc1C(=O)O. The van der Waals surface area contributed by atoms with E-state index in [1.165, 1.54) is 0 Å². The van der Waals surface area contributed by atoms with Gasteiger partial charge in [-0.3, -0.25) is 0 Å². The number of carboxylic acids is 1. The lowest BCUT2D eigenvalue weighted by atomic mass is 9.98. The molecule has 0 fully saturated rings. The van der Waals surface area contributed by atoms with Crippen LogP contribution in [0.3, 0.4) is 0 Å². The van der Waals surface area contributed by atoms with Crippen molar-refractivity contribution in [2.24, 2.45) is 5.41 Å². The zero-order valence-corrected chi connectivity index (χ0v) is 11.7. The number of alkyl halides is 3. The number of hydrogen-bond acceptors (Lipinski definition) is 3. The first-order chi connectivity index (χ1) is 9.42. The highest BCUT2D eigenvalue weighted by Gasteiger charge is 2.32. The summed E-state index contributed by atoms with van der Waals surface area (Å²) in [5.74, 6) is -2.58. The Labute approximate surface area is 119 Å². The zero-order chi connectivity index (χ0) is 16.4. The van der Waals surface area contributed by atoms with Gasteiger partial charge in [-0.25, -0.2) is 9.59 Å². The molecule has 0 aliphatic carbocycles. The molecule has 0 bridgehead atoms. The van der Waals surface area contributed by atoms with Gasteiger partial charge >= 0.3 is 18.1 Å². The second-order valence-corrected chi connectivity index (χ2v) is 5.70. The van der Waals surface area contributed by atoms with Gasteiger partial charge in [0, 0.05) is 0 Å². The molecule has 7 heteroatoms. The van der Waals surface area contributed by atoms with Gasteiger partial charge in [-0.2, -0.15) is 13.2 Å². The van der Waals surface area contributed by atoms with Gasteiger partial charge in [-0.15, -0.1) is 0 Å². The van der Waals surface area contributed by atoms with Crippen LogP contribution in [0.2, 0.25) is 0 Å². The summed E-state index contributed by atoms with van der Waals surface area (Å²) in [6.07, 6.45) is -4.68. The van der Waals surface area contributed by atoms with Gasteiger partial charge < -0.3 is 9.84 Å². The fraction of sp³-hybridized carbons (Fsp3) is 0.429. The Morgan fingerprint density at radius 1 is 1.14 bits per heavy atom. The predicted octanol–water partition coefficient (Wildman–Crippen LogP) is 3.61. The minimum atomic E-state index is -4.68. The second kappa shape index (κ2) is 5.75. The third-order valence-corrected chi connectivity index (χ3v) is 2.43. The maximum absolute atomic E-state index is 12.6. The third-order valence-electron chi connectivity index (χ3n) is 2.43. The van der Waals surface area contributed by atoms with Gasteiger partial charge in [0.15, 0.2) is 0 Å². The van der Waals surface area contributed by atoms with E-state index in [0.717, 1.165) is 6.07 Å². The van der Waals surface area contributed by atoms with Crippen molar-refractivity contribution in [1.29, 1.82) is 0 Å². The van der Waals surface area contributed by atoms with E-state index < -0.39 is 34.8 Å². The highest BCUT2D eigenvalue weighted by molar-refractivity contribution is 6.02. The van der Waals surface area contributed by atoms with Gasteiger partial charge in [0.25, 0.3) is 0 Å². The van der Waals surface area contributed by atoms with E-state index in [0.29, 0.717) is 12.1 Å². The summed E-state index contributed by atoms with van der Waals surface area (Å²) in [7, 11) is 0. The quantitative estimate of drug-likeness (QED) is 0.866. The van der Waals surface area contributed by atoms with Crippen molar-refractivity contribution < 1.29 is 32.6 Å². The normalized spacial score (nSPS) is 12.1. The van der Waals surface area contributed by atoms with Crippen LogP contribution in [0.4, 0.5) is 13.2 Å². The van der Waals surface area contributed by atoms with Crippen LogP contribution in [0.25, 0.3) is 0 Å². The van der Waals surface area contributed by atoms with Crippen molar-refractivity contribution in [1.82, 2.24) is 0 Å². The molecule has 1 N–H and O–H groups in total. The number of benzene rings is 1. The third kappa shape index (κ3) is 4.77. The average molecular weight is 304 g/mol. The fourth-order valence-corrected chi connectivity index (χ4v) is 1.44. The molecule has 0 unspecified atom stereocenters. The van der Waals surface area contributed by atoms with Crippen LogP contribution in [0.15, 0.2) is 18.2 Å². The first-order valence-corrected chi connectivity index (χ1v) is 6.03. The summed E-state index contributed by atoms with van der Waals surface area (Å²) in [5.41, 5.74) is -2.61. The van der Waals surface area contributed by atoms with Gasteiger partial charge in [-0.1, -0.05) is 20.8 Å². The monoisotopic (exact) mass is 304 g/mol. The standard InChI is InChI=1S/C14H15F3O4/c1-13(2,3)7-21-12(20)9-5-4-8(14(15,16)17)6-10(9)11(18)19/h4-6H,7H2,1-3H3,(H,18,19). The molecule has 0 aliphatic rings. The van der Waals surface area contributed by atoms with Crippen LogP contribution in [0.1, 0.15) is 47.1 Å². The van der Waals surface area contributed by atoms with Crippen molar-refractivity contribution in [2.75, 3.05) is 6.61 Å². The Kier molecular flexibility index (Phi) is 4.65. The summed E-state index contributed by atoms with van der Waals surface area (Å²) in [6, 6.07) is 1.90. The van der Waals surface area contributed by atoms with Crippen LogP contribution >= 0.6 is 0 Å². The Morgan fingerprint density at radius 2 is 1.71 bits per heavy atom. The zero-order valence-electron chi connectivity index (χ0n) is 11.7. The van der Waals surface area contributed by atoms with E-state index in [1.807, 2.05) is 0 Å². The molecule has 1 aromatic rings. The summed E-state index contributed by atoms with van der Waals surface area (Å²) >= 11 is 0. The average Bonchev–Trinajstić information content (AvgIpc) is 2.33. The second-order valence-electron chi connectivity index (χ2n) is 5.70. The molecule has 0 radical (unpaired) electrons. The molecule has 0 aliphatic heterocycles. The first kappa shape index (κ1) is 17.0. The molecule has 0 amide bonds. The Balaban J connectivity index is 3.13. The van der Waals surface area contributed by atoms with E-state index in [4.69, 9.17) is 9.84 Å². The van der Waals surface area contributed by atoms with Crippen molar-refractivity contribution in [2.45, 2.75) is 26.9 Å². The molecule has 0 spiro atoms. The summed E-state index contributed by atoms with van der Waals surface area (Å²) in [6.45, 7) is 5.41. The van der Waals surface area contributed by atoms with Crippen LogP contribution in [-0.4, -0.2) is 23.7 Å². The molecular weight excluding hydrogens is 289 g/mol. The predicted molar refractivity (Wildman–Crippen MR) is 68.1 cm³/mol. The lowest BCUT2D eigenvalue weighted by Gasteiger charge is -2.18. The van der Waals surface area contributed by atoms with Crippen LogP contribution in [0.5, 0.6) is 0 Å². The van der Waals surface area contributed by atoms with E-state index in [2.05, 4.69) is 0 Å². The molecule has 4 nitrogen and oxygen atoms in total. The highest BCUT2D eigenvalue weighted by atomic mass is 19.4. The van der Waals surface area contributed by atoms with Crippen molar-refractivity contribution in [3.8, 4) is 0 Å². The number of carbonyl (C=O) groups is 2. The smallest absolute Gasteiger partial charge is 0.416 e. The number of rotatable bonds is 3. The molecule has 116 valence electrons. The topological polar surface area (TPSA) is 63.6 Å². The maximum atomic E-state index is 12.6. The number of halogens is 3. The van der Waals surface area contributed by atoms with Crippen molar-refractivity contribution in [3.05, 3.63) is 34.9 Å². The number of aromatic carboxylic acids is 1. The Bertz CT molecular complexity index is 556. The minimum absolute atomic E-state index is 0.0198. The number of esters is 1. The molecule has 21 heavy (non-hydrogen) atoms. The lowest BCUT2D eigenvalue weighted by molar-refractivity contribution is -0.137. The maximum Gasteiger partial charge on any atom is 0.416 e. The number of carboxylic acid groups (broad SMARTS) is 1. The molecule has 1 rings (SSSR count).